The average molecular weight is 236 g/mol. The Labute approximate surface area is 100 Å². The zero-order chi connectivity index (χ0) is 12.1. The summed E-state index contributed by atoms with van der Waals surface area (Å²) in [4.78, 5) is 11.2. The Kier molecular flexibility index (Phi) is 3.82. The molecule has 1 amide bonds. The monoisotopic (exact) mass is 236 g/mol. The van der Waals surface area contributed by atoms with Crippen LogP contribution in [0, 0.1) is 0 Å². The van der Waals surface area contributed by atoms with E-state index in [9.17, 15) is 4.79 Å². The zero-order valence-electron chi connectivity index (χ0n) is 9.73. The number of nitrogens with one attached hydrogen (secondary N) is 2. The lowest BCUT2D eigenvalue weighted by molar-refractivity contribution is 0.0211. The fraction of sp³-hybridized carbons (Fsp3) is 0.417. The lowest BCUT2D eigenvalue weighted by Crippen LogP contribution is -2.40. The third kappa shape index (κ3) is 3.35. The molecule has 92 valence electrons. The predicted molar refractivity (Wildman–Crippen MR) is 65.3 cm³/mol. The highest BCUT2D eigenvalue weighted by atomic mass is 16.5. The molecular formula is C12H16N2O3. The van der Waals surface area contributed by atoms with Gasteiger partial charge in [0.25, 0.3) is 0 Å². The first-order chi connectivity index (χ1) is 8.28. The molecule has 0 atom stereocenters. The van der Waals surface area contributed by atoms with Gasteiger partial charge in [0.15, 0.2) is 0 Å². The Morgan fingerprint density at radius 2 is 2.00 bits per heavy atom. The summed E-state index contributed by atoms with van der Waals surface area (Å²) in [6, 6.07) is 7.90. The van der Waals surface area contributed by atoms with Crippen molar-refractivity contribution in [3.8, 4) is 0 Å². The van der Waals surface area contributed by atoms with Crippen molar-refractivity contribution in [2.75, 3.05) is 30.5 Å². The van der Waals surface area contributed by atoms with Gasteiger partial charge in [0, 0.05) is 11.4 Å². The first kappa shape index (κ1) is 11.7. The van der Waals surface area contributed by atoms with Crippen molar-refractivity contribution < 1.29 is 14.3 Å². The van der Waals surface area contributed by atoms with Crippen LogP contribution in [0.3, 0.4) is 0 Å². The minimum absolute atomic E-state index is 0.368. The van der Waals surface area contributed by atoms with Gasteiger partial charge in [-0.05, 0) is 31.2 Å². The van der Waals surface area contributed by atoms with Crippen LogP contribution in [-0.4, -0.2) is 32.0 Å². The molecule has 1 saturated heterocycles. The van der Waals surface area contributed by atoms with Gasteiger partial charge in [-0.25, -0.2) is 4.79 Å². The summed E-state index contributed by atoms with van der Waals surface area (Å²) in [5, 5.41) is 5.95. The van der Waals surface area contributed by atoms with E-state index in [1.165, 1.54) is 0 Å². The number of carbonyl (C=O) groups is 1. The molecule has 1 aromatic carbocycles. The van der Waals surface area contributed by atoms with Gasteiger partial charge >= 0.3 is 6.09 Å². The normalized spacial score (nSPS) is 14.9. The smallest absolute Gasteiger partial charge is 0.411 e. The summed E-state index contributed by atoms with van der Waals surface area (Å²) in [7, 11) is 0. The molecule has 5 nitrogen and oxygen atoms in total. The standard InChI is InChI=1S/C12H16N2O3/c1-2-17-12(15)14-10-5-3-9(4-6-10)13-11-7-16-8-11/h3-6,11,13H,2,7-8H2,1H3,(H,14,15). The zero-order valence-corrected chi connectivity index (χ0v) is 9.73. The molecule has 1 aliphatic rings. The van der Waals surface area contributed by atoms with Crippen LogP contribution in [0.1, 0.15) is 6.92 Å². The highest BCUT2D eigenvalue weighted by Gasteiger charge is 2.17. The molecule has 0 aromatic heterocycles. The van der Waals surface area contributed by atoms with E-state index < -0.39 is 6.09 Å². The van der Waals surface area contributed by atoms with Gasteiger partial charge in [0.2, 0.25) is 0 Å². The van der Waals surface area contributed by atoms with Crippen molar-refractivity contribution in [1.29, 1.82) is 0 Å². The maximum Gasteiger partial charge on any atom is 0.411 e. The van der Waals surface area contributed by atoms with Gasteiger partial charge in [-0.1, -0.05) is 0 Å². The van der Waals surface area contributed by atoms with Crippen LogP contribution in [0.4, 0.5) is 16.2 Å². The number of anilines is 2. The quantitative estimate of drug-likeness (QED) is 0.840. The summed E-state index contributed by atoms with van der Waals surface area (Å²) >= 11 is 0. The highest BCUT2D eigenvalue weighted by Crippen LogP contribution is 2.16. The molecule has 0 bridgehead atoms. The molecule has 17 heavy (non-hydrogen) atoms. The minimum atomic E-state index is -0.430. The fourth-order valence-corrected chi connectivity index (χ4v) is 1.49. The van der Waals surface area contributed by atoms with Crippen molar-refractivity contribution in [1.82, 2.24) is 0 Å². The van der Waals surface area contributed by atoms with Gasteiger partial charge in [-0.15, -0.1) is 0 Å². The van der Waals surface area contributed by atoms with E-state index in [1.54, 1.807) is 6.92 Å². The van der Waals surface area contributed by atoms with E-state index in [1.807, 2.05) is 24.3 Å². The van der Waals surface area contributed by atoms with Crippen LogP contribution in [0.15, 0.2) is 24.3 Å². The van der Waals surface area contributed by atoms with Crippen molar-refractivity contribution in [2.45, 2.75) is 13.0 Å². The molecule has 0 aliphatic carbocycles. The lowest BCUT2D eigenvalue weighted by Gasteiger charge is -2.27. The average Bonchev–Trinajstić information content (AvgIpc) is 2.26. The Morgan fingerprint density at radius 3 is 2.53 bits per heavy atom. The van der Waals surface area contributed by atoms with Crippen LogP contribution >= 0.6 is 0 Å². The van der Waals surface area contributed by atoms with Gasteiger partial charge < -0.3 is 14.8 Å². The number of hydrogen-bond acceptors (Lipinski definition) is 4. The molecule has 1 fully saturated rings. The number of ether oxygens (including phenoxy) is 2. The summed E-state index contributed by atoms with van der Waals surface area (Å²) < 4.78 is 9.86. The van der Waals surface area contributed by atoms with Crippen LogP contribution in [-0.2, 0) is 9.47 Å². The molecule has 0 saturated carbocycles. The van der Waals surface area contributed by atoms with Gasteiger partial charge in [-0.2, -0.15) is 0 Å². The summed E-state index contributed by atoms with van der Waals surface area (Å²) in [5.74, 6) is 0. The number of hydrogen-bond donors (Lipinski definition) is 2. The second-order valence-electron chi connectivity index (χ2n) is 3.80. The lowest BCUT2D eigenvalue weighted by atomic mass is 10.2. The van der Waals surface area contributed by atoms with Gasteiger partial charge in [0.05, 0.1) is 25.9 Å². The van der Waals surface area contributed by atoms with Gasteiger partial charge in [0.1, 0.15) is 0 Å². The van der Waals surface area contributed by atoms with Gasteiger partial charge in [-0.3, -0.25) is 5.32 Å². The van der Waals surface area contributed by atoms with Crippen molar-refractivity contribution >= 4 is 17.5 Å². The Morgan fingerprint density at radius 1 is 1.35 bits per heavy atom. The number of rotatable bonds is 4. The van der Waals surface area contributed by atoms with E-state index in [0.717, 1.165) is 24.6 Å². The van der Waals surface area contributed by atoms with E-state index in [2.05, 4.69) is 10.6 Å². The molecule has 0 spiro atoms. The highest BCUT2D eigenvalue weighted by molar-refractivity contribution is 5.84. The second kappa shape index (κ2) is 5.54. The SMILES string of the molecule is CCOC(=O)Nc1ccc(NC2COC2)cc1. The molecular weight excluding hydrogens is 220 g/mol. The van der Waals surface area contributed by atoms with E-state index in [4.69, 9.17) is 9.47 Å². The fourth-order valence-electron chi connectivity index (χ4n) is 1.49. The Balaban J connectivity index is 1.86. The topological polar surface area (TPSA) is 59.6 Å². The third-order valence-corrected chi connectivity index (χ3v) is 2.42. The first-order valence-corrected chi connectivity index (χ1v) is 5.66. The third-order valence-electron chi connectivity index (χ3n) is 2.42. The number of amides is 1. The Hall–Kier alpha value is -1.75. The summed E-state index contributed by atoms with van der Waals surface area (Å²) in [6.07, 6.45) is -0.430. The predicted octanol–water partition coefficient (Wildman–Crippen LogP) is 2.07. The molecule has 1 heterocycles. The summed E-state index contributed by atoms with van der Waals surface area (Å²) in [6.45, 7) is 3.64. The summed E-state index contributed by atoms with van der Waals surface area (Å²) in [5.41, 5.74) is 1.74. The van der Waals surface area contributed by atoms with E-state index in [0.29, 0.717) is 12.6 Å². The maximum absolute atomic E-state index is 11.2. The van der Waals surface area contributed by atoms with Crippen molar-refractivity contribution in [3.63, 3.8) is 0 Å². The first-order valence-electron chi connectivity index (χ1n) is 5.66. The second-order valence-corrected chi connectivity index (χ2v) is 3.80. The van der Waals surface area contributed by atoms with Crippen molar-refractivity contribution in [2.24, 2.45) is 0 Å². The molecule has 1 aromatic rings. The maximum atomic E-state index is 11.2. The molecule has 2 N–H and O–H groups in total. The van der Waals surface area contributed by atoms with Crippen LogP contribution in [0.5, 0.6) is 0 Å². The number of benzene rings is 1. The molecule has 5 heteroatoms. The van der Waals surface area contributed by atoms with Crippen LogP contribution in [0.2, 0.25) is 0 Å². The minimum Gasteiger partial charge on any atom is -0.450 e. The largest absolute Gasteiger partial charge is 0.450 e. The molecule has 0 radical (unpaired) electrons. The molecule has 2 rings (SSSR count). The van der Waals surface area contributed by atoms with Crippen LogP contribution in [0.25, 0.3) is 0 Å². The molecule has 1 aliphatic heterocycles. The van der Waals surface area contributed by atoms with Crippen LogP contribution < -0.4 is 10.6 Å². The Bertz CT molecular complexity index is 374. The number of carbonyl (C=O) groups excluding carboxylic acids is 1. The van der Waals surface area contributed by atoms with E-state index >= 15 is 0 Å². The van der Waals surface area contributed by atoms with E-state index in [-0.39, 0.29) is 0 Å². The molecule has 0 unspecified atom stereocenters. The van der Waals surface area contributed by atoms with Crippen molar-refractivity contribution in [3.05, 3.63) is 24.3 Å².